The van der Waals surface area contributed by atoms with Gasteiger partial charge < -0.3 is 9.72 Å². The van der Waals surface area contributed by atoms with E-state index in [2.05, 4.69) is 35.7 Å². The van der Waals surface area contributed by atoms with Crippen LogP contribution in [0.15, 0.2) is 24.5 Å². The van der Waals surface area contributed by atoms with E-state index < -0.39 is 0 Å². The number of aromatic amines is 1. The van der Waals surface area contributed by atoms with Crippen molar-refractivity contribution in [3.05, 3.63) is 30.1 Å². The van der Waals surface area contributed by atoms with Gasteiger partial charge in [0, 0.05) is 17.8 Å². The van der Waals surface area contributed by atoms with Crippen LogP contribution in [0.3, 0.4) is 0 Å². The number of fused-ring (bicyclic) bond motifs is 1. The lowest BCUT2D eigenvalue weighted by atomic mass is 9.99. The molecule has 0 saturated heterocycles. The van der Waals surface area contributed by atoms with Crippen LogP contribution in [-0.2, 0) is 6.42 Å². The molecule has 0 bridgehead atoms. The van der Waals surface area contributed by atoms with Crippen molar-refractivity contribution in [1.82, 2.24) is 15.0 Å². The highest BCUT2D eigenvalue weighted by atomic mass is 16.5. The fourth-order valence-electron chi connectivity index (χ4n) is 1.68. The fraction of sp³-hybridized carbons (Fsp3) is 0.400. The van der Waals surface area contributed by atoms with Crippen LogP contribution in [0.1, 0.15) is 26.3 Å². The first-order valence-corrected chi connectivity index (χ1v) is 6.50. The maximum atomic E-state index is 8.51. The number of nitrogens with zero attached hydrogens (tertiary/aromatic N) is 3. The third-order valence-corrected chi connectivity index (χ3v) is 2.62. The second-order valence-electron chi connectivity index (χ2n) is 5.80. The van der Waals surface area contributed by atoms with Gasteiger partial charge in [0.15, 0.2) is 5.65 Å². The van der Waals surface area contributed by atoms with Crippen LogP contribution in [0.2, 0.25) is 0 Å². The third kappa shape index (κ3) is 3.58. The molecule has 0 radical (unpaired) electrons. The number of ether oxygens (including phenoxy) is 1. The standard InChI is InChI=1S/C15H18N4O/c1-15(2,3)10-20-12-9-18-14-13(19-12)11(8-17-14)6-4-5-7-16/h4-5,8-9H,6,10H2,1-3H3,(H,17,18)/b5-4+. The molecular formula is C15H18N4O. The highest BCUT2D eigenvalue weighted by molar-refractivity contribution is 5.75. The van der Waals surface area contributed by atoms with Crippen molar-refractivity contribution < 1.29 is 4.74 Å². The first kappa shape index (κ1) is 14.1. The highest BCUT2D eigenvalue weighted by Gasteiger charge is 2.13. The minimum absolute atomic E-state index is 0.0765. The zero-order valence-corrected chi connectivity index (χ0v) is 12.0. The molecule has 5 heteroatoms. The minimum atomic E-state index is 0.0765. The number of nitrogens with one attached hydrogen (secondary N) is 1. The molecule has 2 aromatic heterocycles. The van der Waals surface area contributed by atoms with Gasteiger partial charge in [0.05, 0.1) is 18.9 Å². The average molecular weight is 270 g/mol. The Morgan fingerprint density at radius 3 is 2.95 bits per heavy atom. The van der Waals surface area contributed by atoms with E-state index >= 15 is 0 Å². The molecule has 1 N–H and O–H groups in total. The zero-order chi connectivity index (χ0) is 14.6. The Kier molecular flexibility index (Phi) is 4.04. The second kappa shape index (κ2) is 5.74. The summed E-state index contributed by atoms with van der Waals surface area (Å²) < 4.78 is 5.67. The van der Waals surface area contributed by atoms with Gasteiger partial charge in [0.25, 0.3) is 0 Å². The quantitative estimate of drug-likeness (QED) is 0.866. The number of H-pyrrole nitrogens is 1. The Morgan fingerprint density at radius 1 is 1.45 bits per heavy atom. The summed E-state index contributed by atoms with van der Waals surface area (Å²) in [5.74, 6) is 0.525. The van der Waals surface area contributed by atoms with E-state index in [1.807, 2.05) is 12.3 Å². The van der Waals surface area contributed by atoms with Crippen molar-refractivity contribution >= 4 is 11.2 Å². The van der Waals surface area contributed by atoms with E-state index in [-0.39, 0.29) is 5.41 Å². The van der Waals surface area contributed by atoms with Gasteiger partial charge in [-0.1, -0.05) is 26.8 Å². The Balaban J connectivity index is 2.21. The van der Waals surface area contributed by atoms with Gasteiger partial charge in [-0.25, -0.2) is 9.97 Å². The fourth-order valence-corrected chi connectivity index (χ4v) is 1.68. The lowest BCUT2D eigenvalue weighted by Crippen LogP contribution is -2.17. The second-order valence-corrected chi connectivity index (χ2v) is 5.80. The van der Waals surface area contributed by atoms with Crippen LogP contribution in [0, 0.1) is 16.7 Å². The van der Waals surface area contributed by atoms with Crippen molar-refractivity contribution in [2.24, 2.45) is 5.41 Å². The number of hydrogen-bond acceptors (Lipinski definition) is 4. The maximum absolute atomic E-state index is 8.51. The molecule has 0 aliphatic heterocycles. The van der Waals surface area contributed by atoms with Gasteiger partial charge in [-0.3, -0.25) is 0 Å². The number of allylic oxidation sites excluding steroid dienone is 2. The molecule has 104 valence electrons. The predicted octanol–water partition coefficient (Wildman–Crippen LogP) is 3.01. The topological polar surface area (TPSA) is 74.6 Å². The summed E-state index contributed by atoms with van der Waals surface area (Å²) in [6.07, 6.45) is 7.39. The Bertz CT molecular complexity index is 659. The van der Waals surface area contributed by atoms with Gasteiger partial charge >= 0.3 is 0 Å². The van der Waals surface area contributed by atoms with E-state index in [9.17, 15) is 0 Å². The molecule has 2 heterocycles. The summed E-state index contributed by atoms with van der Waals surface area (Å²) in [5, 5.41) is 8.51. The molecule has 2 rings (SSSR count). The van der Waals surface area contributed by atoms with Crippen molar-refractivity contribution in [2.75, 3.05) is 6.61 Å². The Hall–Kier alpha value is -2.35. The summed E-state index contributed by atoms with van der Waals surface area (Å²) in [4.78, 5) is 11.9. The van der Waals surface area contributed by atoms with Crippen LogP contribution < -0.4 is 4.74 Å². The normalized spacial score (nSPS) is 11.9. The molecule has 0 amide bonds. The van der Waals surface area contributed by atoms with Crippen molar-refractivity contribution in [3.63, 3.8) is 0 Å². The highest BCUT2D eigenvalue weighted by Crippen LogP contribution is 2.20. The number of hydrogen-bond donors (Lipinski definition) is 1. The Labute approximate surface area is 118 Å². The first-order chi connectivity index (χ1) is 9.49. The molecule has 0 fully saturated rings. The van der Waals surface area contributed by atoms with Gasteiger partial charge in [-0.15, -0.1) is 0 Å². The number of aromatic nitrogens is 3. The van der Waals surface area contributed by atoms with Crippen molar-refractivity contribution in [2.45, 2.75) is 27.2 Å². The monoisotopic (exact) mass is 270 g/mol. The van der Waals surface area contributed by atoms with E-state index in [1.54, 1.807) is 12.3 Å². The molecule has 0 unspecified atom stereocenters. The van der Waals surface area contributed by atoms with E-state index in [0.29, 0.717) is 18.9 Å². The summed E-state index contributed by atoms with van der Waals surface area (Å²) >= 11 is 0. The molecule has 0 aromatic carbocycles. The SMILES string of the molecule is CC(C)(C)COc1cnc2[nH]cc(C/C=C/C#N)c2n1. The van der Waals surface area contributed by atoms with Crippen LogP contribution in [0.4, 0.5) is 0 Å². The molecule has 0 aliphatic carbocycles. The molecule has 0 saturated carbocycles. The summed E-state index contributed by atoms with van der Waals surface area (Å²) in [5.41, 5.74) is 2.60. The molecule has 0 aliphatic rings. The van der Waals surface area contributed by atoms with Crippen molar-refractivity contribution in [3.8, 4) is 11.9 Å². The minimum Gasteiger partial charge on any atom is -0.476 e. The summed E-state index contributed by atoms with van der Waals surface area (Å²) in [7, 11) is 0. The lowest BCUT2D eigenvalue weighted by Gasteiger charge is -2.17. The third-order valence-electron chi connectivity index (χ3n) is 2.62. The largest absolute Gasteiger partial charge is 0.476 e. The molecule has 2 aromatic rings. The van der Waals surface area contributed by atoms with Gasteiger partial charge in [0.2, 0.25) is 5.88 Å². The van der Waals surface area contributed by atoms with Crippen LogP contribution in [0.25, 0.3) is 11.2 Å². The number of nitriles is 1. The molecule has 5 nitrogen and oxygen atoms in total. The summed E-state index contributed by atoms with van der Waals surface area (Å²) in [6.45, 7) is 6.90. The van der Waals surface area contributed by atoms with Crippen LogP contribution in [-0.4, -0.2) is 21.6 Å². The zero-order valence-electron chi connectivity index (χ0n) is 12.0. The number of rotatable bonds is 4. The van der Waals surface area contributed by atoms with Gasteiger partial charge in [-0.2, -0.15) is 5.26 Å². The van der Waals surface area contributed by atoms with Gasteiger partial charge in [-0.05, 0) is 11.8 Å². The van der Waals surface area contributed by atoms with Gasteiger partial charge in [0.1, 0.15) is 5.52 Å². The average Bonchev–Trinajstić information content (AvgIpc) is 2.79. The van der Waals surface area contributed by atoms with E-state index in [4.69, 9.17) is 10.00 Å². The lowest BCUT2D eigenvalue weighted by molar-refractivity contribution is 0.191. The van der Waals surface area contributed by atoms with Crippen LogP contribution >= 0.6 is 0 Å². The van der Waals surface area contributed by atoms with Crippen molar-refractivity contribution in [1.29, 1.82) is 5.26 Å². The Morgan fingerprint density at radius 2 is 2.25 bits per heavy atom. The van der Waals surface area contributed by atoms with E-state index in [1.165, 1.54) is 6.08 Å². The summed E-state index contributed by atoms with van der Waals surface area (Å²) in [6, 6.07) is 1.98. The first-order valence-electron chi connectivity index (χ1n) is 6.50. The molecule has 0 spiro atoms. The maximum Gasteiger partial charge on any atom is 0.233 e. The molecular weight excluding hydrogens is 252 g/mol. The molecule has 0 atom stereocenters. The van der Waals surface area contributed by atoms with E-state index in [0.717, 1.165) is 16.7 Å². The molecule has 20 heavy (non-hydrogen) atoms. The predicted molar refractivity (Wildman–Crippen MR) is 77.3 cm³/mol. The van der Waals surface area contributed by atoms with Crippen LogP contribution in [0.5, 0.6) is 5.88 Å². The smallest absolute Gasteiger partial charge is 0.233 e.